The Kier molecular flexibility index (Phi) is 9.06. The molecule has 0 aromatic heterocycles. The number of allylic oxidation sites excluding steroid dienone is 2. The van der Waals surface area contributed by atoms with Gasteiger partial charge in [-0.15, -0.1) is 0 Å². The van der Waals surface area contributed by atoms with Gasteiger partial charge in [0, 0.05) is 19.5 Å². The summed E-state index contributed by atoms with van der Waals surface area (Å²) in [7, 11) is 0. The number of thioether (sulfide) groups is 1. The molecule has 1 fully saturated rings. The molecule has 0 spiro atoms. The van der Waals surface area contributed by atoms with Crippen molar-refractivity contribution in [3.05, 3.63) is 88.8 Å². The fraction of sp³-hybridized carbons (Fsp3) is 0.240. The summed E-state index contributed by atoms with van der Waals surface area (Å²) in [5, 5.41) is 2.94. The minimum atomic E-state index is -0.0340. The lowest BCUT2D eigenvalue weighted by Crippen LogP contribution is -2.29. The van der Waals surface area contributed by atoms with Crippen LogP contribution in [0.15, 0.2) is 77.7 Å². The average molecular weight is 451 g/mol. The Morgan fingerprint density at radius 2 is 1.71 bits per heavy atom. The van der Waals surface area contributed by atoms with E-state index in [-0.39, 0.29) is 11.8 Å². The van der Waals surface area contributed by atoms with Crippen LogP contribution in [0.5, 0.6) is 0 Å². The van der Waals surface area contributed by atoms with Gasteiger partial charge in [-0.05, 0) is 30.0 Å². The van der Waals surface area contributed by atoms with Gasteiger partial charge >= 0.3 is 0 Å². The zero-order chi connectivity index (χ0) is 21.9. The third-order valence-corrected chi connectivity index (χ3v) is 6.22. The van der Waals surface area contributed by atoms with E-state index in [1.165, 1.54) is 11.8 Å². The fourth-order valence-electron chi connectivity index (χ4n) is 3.13. The van der Waals surface area contributed by atoms with Gasteiger partial charge in [-0.25, -0.2) is 0 Å². The molecule has 2 aromatic carbocycles. The van der Waals surface area contributed by atoms with Gasteiger partial charge in [-0.2, -0.15) is 0 Å². The molecule has 0 unspecified atom stereocenters. The highest BCUT2D eigenvalue weighted by molar-refractivity contribution is 8.26. The van der Waals surface area contributed by atoms with Crippen LogP contribution in [0.3, 0.4) is 0 Å². The second kappa shape index (κ2) is 12.2. The van der Waals surface area contributed by atoms with E-state index in [2.05, 4.69) is 5.32 Å². The number of hydrogen-bond donors (Lipinski definition) is 1. The molecule has 160 valence electrons. The van der Waals surface area contributed by atoms with Crippen LogP contribution in [-0.2, 0) is 16.1 Å². The Morgan fingerprint density at radius 3 is 2.45 bits per heavy atom. The van der Waals surface area contributed by atoms with Crippen molar-refractivity contribution >= 4 is 46.2 Å². The predicted octanol–water partition coefficient (Wildman–Crippen LogP) is 5.32. The molecule has 1 heterocycles. The molecular weight excluding hydrogens is 424 g/mol. The van der Waals surface area contributed by atoms with Crippen molar-refractivity contribution in [3.63, 3.8) is 0 Å². The first kappa shape index (κ1) is 23.0. The summed E-state index contributed by atoms with van der Waals surface area (Å²) < 4.78 is 0.602. The third-order valence-electron chi connectivity index (χ3n) is 4.83. The van der Waals surface area contributed by atoms with E-state index in [9.17, 15) is 9.59 Å². The van der Waals surface area contributed by atoms with E-state index < -0.39 is 0 Å². The number of nitrogens with zero attached hydrogens (tertiary/aromatic N) is 1. The van der Waals surface area contributed by atoms with Gasteiger partial charge in [0.25, 0.3) is 5.91 Å². The maximum absolute atomic E-state index is 12.6. The molecule has 6 heteroatoms. The molecule has 3 rings (SSSR count). The van der Waals surface area contributed by atoms with E-state index in [0.29, 0.717) is 28.7 Å². The topological polar surface area (TPSA) is 49.4 Å². The van der Waals surface area contributed by atoms with Crippen molar-refractivity contribution in [1.29, 1.82) is 0 Å². The van der Waals surface area contributed by atoms with Gasteiger partial charge in [-0.3, -0.25) is 14.5 Å². The molecule has 4 nitrogen and oxygen atoms in total. The Bertz CT molecular complexity index is 956. The highest BCUT2D eigenvalue weighted by Gasteiger charge is 2.30. The smallest absolute Gasteiger partial charge is 0.266 e. The van der Waals surface area contributed by atoms with Gasteiger partial charge in [0.05, 0.1) is 4.91 Å². The summed E-state index contributed by atoms with van der Waals surface area (Å²) in [6, 6.07) is 19.8. The predicted molar refractivity (Wildman–Crippen MR) is 132 cm³/mol. The van der Waals surface area contributed by atoms with Crippen LogP contribution in [0.25, 0.3) is 6.08 Å². The number of carbonyl (C=O) groups excluding carboxylic acids is 2. The van der Waals surface area contributed by atoms with Crippen molar-refractivity contribution in [3.8, 4) is 0 Å². The van der Waals surface area contributed by atoms with Crippen LogP contribution in [0.4, 0.5) is 0 Å². The molecule has 2 amide bonds. The number of benzene rings is 2. The van der Waals surface area contributed by atoms with Crippen molar-refractivity contribution in [1.82, 2.24) is 10.2 Å². The maximum atomic E-state index is 12.6. The van der Waals surface area contributed by atoms with E-state index in [1.54, 1.807) is 4.90 Å². The van der Waals surface area contributed by atoms with Crippen LogP contribution in [0.1, 0.15) is 36.8 Å². The molecule has 0 aliphatic carbocycles. The Labute approximate surface area is 193 Å². The second-order valence-corrected chi connectivity index (χ2v) is 8.87. The lowest BCUT2D eigenvalue weighted by molar-refractivity contribution is -0.123. The number of thiocarbonyl (C=S) groups is 1. The van der Waals surface area contributed by atoms with E-state index in [0.717, 1.165) is 30.4 Å². The monoisotopic (exact) mass is 450 g/mol. The molecule has 31 heavy (non-hydrogen) atoms. The summed E-state index contributed by atoms with van der Waals surface area (Å²) in [5.74, 6) is 0.0240. The maximum Gasteiger partial charge on any atom is 0.266 e. The molecule has 0 atom stereocenters. The SMILES string of the molecule is O=C(CCCCCN1C(=O)/C(=C/C=C/c2ccccc2)SC1=S)NCc1ccccc1. The van der Waals surface area contributed by atoms with Crippen LogP contribution in [0, 0.1) is 0 Å². The minimum Gasteiger partial charge on any atom is -0.352 e. The van der Waals surface area contributed by atoms with Crippen LogP contribution in [0.2, 0.25) is 0 Å². The minimum absolute atomic E-state index is 0.0340. The first-order valence-corrected chi connectivity index (χ1v) is 11.6. The summed E-state index contributed by atoms with van der Waals surface area (Å²) >= 11 is 6.72. The Balaban J connectivity index is 1.35. The molecule has 0 bridgehead atoms. The van der Waals surface area contributed by atoms with E-state index in [1.807, 2.05) is 78.9 Å². The van der Waals surface area contributed by atoms with Gasteiger partial charge in [0.15, 0.2) is 0 Å². The van der Waals surface area contributed by atoms with Crippen LogP contribution < -0.4 is 5.32 Å². The number of rotatable bonds is 10. The number of unbranched alkanes of at least 4 members (excludes halogenated alkanes) is 2. The van der Waals surface area contributed by atoms with E-state index >= 15 is 0 Å². The lowest BCUT2D eigenvalue weighted by atomic mass is 10.1. The zero-order valence-electron chi connectivity index (χ0n) is 17.3. The number of hydrogen-bond acceptors (Lipinski definition) is 4. The molecule has 2 aromatic rings. The normalized spacial score (nSPS) is 15.2. The quantitative estimate of drug-likeness (QED) is 0.302. The highest BCUT2D eigenvalue weighted by Crippen LogP contribution is 2.31. The highest BCUT2D eigenvalue weighted by atomic mass is 32.2. The molecule has 0 saturated carbocycles. The number of carbonyl (C=O) groups is 2. The largest absolute Gasteiger partial charge is 0.352 e. The van der Waals surface area contributed by atoms with Gasteiger partial charge < -0.3 is 5.32 Å². The van der Waals surface area contributed by atoms with Crippen molar-refractivity contribution in [2.45, 2.75) is 32.2 Å². The van der Waals surface area contributed by atoms with Crippen molar-refractivity contribution in [2.24, 2.45) is 0 Å². The molecular formula is C25H26N2O2S2. The first-order chi connectivity index (χ1) is 15.1. The summed E-state index contributed by atoms with van der Waals surface area (Å²) in [6.45, 7) is 1.15. The van der Waals surface area contributed by atoms with Crippen LogP contribution >= 0.6 is 24.0 Å². The average Bonchev–Trinajstić information content (AvgIpc) is 3.06. The first-order valence-electron chi connectivity index (χ1n) is 10.4. The number of nitrogens with one attached hydrogen (secondary N) is 1. The summed E-state index contributed by atoms with van der Waals surface area (Å²) in [4.78, 5) is 26.9. The Hall–Kier alpha value is -2.70. The van der Waals surface area contributed by atoms with Crippen LogP contribution in [-0.4, -0.2) is 27.6 Å². The lowest BCUT2D eigenvalue weighted by Gasteiger charge is -2.14. The third kappa shape index (κ3) is 7.49. The molecule has 1 saturated heterocycles. The van der Waals surface area contributed by atoms with Crippen molar-refractivity contribution < 1.29 is 9.59 Å². The van der Waals surface area contributed by atoms with Gasteiger partial charge in [0.1, 0.15) is 4.32 Å². The molecule has 1 aliphatic heterocycles. The standard InChI is InChI=1S/C25H26N2O2S2/c28-23(26-19-21-13-6-2-7-14-21)17-8-3-9-18-27-24(29)22(31-25(27)30)16-10-15-20-11-4-1-5-12-20/h1-2,4-7,10-16H,3,8-9,17-19H2,(H,26,28)/b15-10+,22-16-. The zero-order valence-corrected chi connectivity index (χ0v) is 19.0. The molecule has 1 N–H and O–H groups in total. The fourth-order valence-corrected chi connectivity index (χ4v) is 4.39. The van der Waals surface area contributed by atoms with Gasteiger partial charge in [-0.1, -0.05) is 103 Å². The van der Waals surface area contributed by atoms with Gasteiger partial charge in [0.2, 0.25) is 5.91 Å². The number of amides is 2. The van der Waals surface area contributed by atoms with Crippen molar-refractivity contribution in [2.75, 3.05) is 6.54 Å². The van der Waals surface area contributed by atoms with E-state index in [4.69, 9.17) is 12.2 Å². The Morgan fingerprint density at radius 1 is 1.00 bits per heavy atom. The summed E-state index contributed by atoms with van der Waals surface area (Å²) in [6.07, 6.45) is 8.67. The molecule has 0 radical (unpaired) electrons. The molecule has 1 aliphatic rings. The second-order valence-electron chi connectivity index (χ2n) is 7.20. The summed E-state index contributed by atoms with van der Waals surface area (Å²) in [5.41, 5.74) is 2.18.